The number of ether oxygens (including phenoxy) is 1. The maximum absolute atomic E-state index is 5.85. The fraction of sp³-hybridized carbons (Fsp3) is 0.467. The van der Waals surface area contributed by atoms with Crippen molar-refractivity contribution < 1.29 is 4.74 Å². The smallest absolute Gasteiger partial charge is 0.140 e. The molecule has 0 unspecified atom stereocenters. The zero-order chi connectivity index (χ0) is 14.7. The van der Waals surface area contributed by atoms with Crippen molar-refractivity contribution >= 4 is 5.69 Å². The van der Waals surface area contributed by atoms with Crippen molar-refractivity contribution in [3.63, 3.8) is 0 Å². The first-order chi connectivity index (χ1) is 10.2. The molecule has 3 rings (SSSR count). The first-order valence-corrected chi connectivity index (χ1v) is 7.25. The molecule has 0 radical (unpaired) electrons. The van der Waals surface area contributed by atoms with Gasteiger partial charge in [0.25, 0.3) is 0 Å². The van der Waals surface area contributed by atoms with Crippen LogP contribution in [0.15, 0.2) is 24.5 Å². The first kappa shape index (κ1) is 13.9. The van der Waals surface area contributed by atoms with Crippen molar-refractivity contribution in [2.75, 3.05) is 31.1 Å². The van der Waals surface area contributed by atoms with Gasteiger partial charge < -0.3 is 15.0 Å². The number of aromatic nitrogens is 3. The van der Waals surface area contributed by atoms with Gasteiger partial charge in [-0.2, -0.15) is 5.10 Å². The summed E-state index contributed by atoms with van der Waals surface area (Å²) in [5.41, 5.74) is 3.18. The van der Waals surface area contributed by atoms with E-state index >= 15 is 0 Å². The van der Waals surface area contributed by atoms with Crippen LogP contribution in [-0.4, -0.2) is 40.9 Å². The highest BCUT2D eigenvalue weighted by Crippen LogP contribution is 2.20. The minimum Gasteiger partial charge on any atom is -0.486 e. The molecule has 2 aromatic rings. The molecule has 0 aliphatic carbocycles. The highest BCUT2D eigenvalue weighted by atomic mass is 16.5. The van der Waals surface area contributed by atoms with Gasteiger partial charge in [0, 0.05) is 39.3 Å². The van der Waals surface area contributed by atoms with Crippen molar-refractivity contribution in [3.8, 4) is 5.75 Å². The zero-order valence-electron chi connectivity index (χ0n) is 12.5. The molecule has 3 heterocycles. The predicted molar refractivity (Wildman–Crippen MR) is 81.6 cm³/mol. The van der Waals surface area contributed by atoms with E-state index in [-0.39, 0.29) is 0 Å². The van der Waals surface area contributed by atoms with Crippen LogP contribution in [0.5, 0.6) is 5.75 Å². The second kappa shape index (κ2) is 6.13. The van der Waals surface area contributed by atoms with E-state index in [1.54, 1.807) is 6.20 Å². The third kappa shape index (κ3) is 3.33. The molecule has 0 saturated carbocycles. The van der Waals surface area contributed by atoms with Gasteiger partial charge in [0.1, 0.15) is 12.4 Å². The van der Waals surface area contributed by atoms with Crippen molar-refractivity contribution in [1.82, 2.24) is 20.1 Å². The third-order valence-electron chi connectivity index (χ3n) is 3.67. The molecule has 1 aliphatic rings. The normalized spacial score (nSPS) is 15.2. The fourth-order valence-corrected chi connectivity index (χ4v) is 2.54. The Morgan fingerprint density at radius 3 is 2.76 bits per heavy atom. The van der Waals surface area contributed by atoms with Gasteiger partial charge in [-0.3, -0.25) is 9.67 Å². The Morgan fingerprint density at radius 1 is 1.24 bits per heavy atom. The summed E-state index contributed by atoms with van der Waals surface area (Å²) in [6.45, 7) is 6.52. The van der Waals surface area contributed by atoms with Gasteiger partial charge in [-0.05, 0) is 13.0 Å². The Hall–Kier alpha value is -2.08. The van der Waals surface area contributed by atoms with Crippen LogP contribution < -0.4 is 15.0 Å². The van der Waals surface area contributed by atoms with Crippen molar-refractivity contribution in [1.29, 1.82) is 0 Å². The molecule has 0 bridgehead atoms. The summed E-state index contributed by atoms with van der Waals surface area (Å²) in [6, 6.07) is 4.09. The van der Waals surface area contributed by atoms with Crippen LogP contribution in [0.25, 0.3) is 0 Å². The molecule has 0 atom stereocenters. The number of rotatable bonds is 4. The van der Waals surface area contributed by atoms with Crippen LogP contribution in [0.1, 0.15) is 11.4 Å². The number of aryl methyl sites for hydroxylation is 2. The van der Waals surface area contributed by atoms with E-state index in [1.165, 1.54) is 0 Å². The Bertz CT molecular complexity index is 604. The maximum Gasteiger partial charge on any atom is 0.140 e. The number of anilines is 1. The minimum atomic E-state index is 0.504. The van der Waals surface area contributed by atoms with E-state index in [0.29, 0.717) is 6.61 Å². The molecule has 0 aromatic carbocycles. The highest BCUT2D eigenvalue weighted by Gasteiger charge is 2.11. The summed E-state index contributed by atoms with van der Waals surface area (Å²) in [5, 5.41) is 7.67. The summed E-state index contributed by atoms with van der Waals surface area (Å²) >= 11 is 0. The van der Waals surface area contributed by atoms with Crippen LogP contribution in [0.3, 0.4) is 0 Å². The van der Waals surface area contributed by atoms with Gasteiger partial charge >= 0.3 is 0 Å². The molecule has 1 N–H and O–H groups in total. The molecule has 0 amide bonds. The Kier molecular flexibility index (Phi) is 4.06. The zero-order valence-corrected chi connectivity index (χ0v) is 12.5. The molecule has 1 aliphatic heterocycles. The van der Waals surface area contributed by atoms with Gasteiger partial charge in [0.15, 0.2) is 0 Å². The molecule has 2 aromatic heterocycles. The number of hydrogen-bond acceptors (Lipinski definition) is 5. The van der Waals surface area contributed by atoms with E-state index in [0.717, 1.165) is 49.0 Å². The fourth-order valence-electron chi connectivity index (χ4n) is 2.54. The summed E-state index contributed by atoms with van der Waals surface area (Å²) in [7, 11) is 1.93. The summed E-state index contributed by atoms with van der Waals surface area (Å²) < 4.78 is 7.70. The number of hydrogen-bond donors (Lipinski definition) is 1. The van der Waals surface area contributed by atoms with Gasteiger partial charge in [0.2, 0.25) is 0 Å². The van der Waals surface area contributed by atoms with Crippen molar-refractivity contribution in [3.05, 3.63) is 35.9 Å². The highest BCUT2D eigenvalue weighted by molar-refractivity contribution is 5.48. The van der Waals surface area contributed by atoms with Crippen LogP contribution >= 0.6 is 0 Å². The summed E-state index contributed by atoms with van der Waals surface area (Å²) in [4.78, 5) is 6.61. The molecule has 6 nitrogen and oxygen atoms in total. The number of nitrogens with one attached hydrogen (secondary N) is 1. The second-order valence-corrected chi connectivity index (χ2v) is 5.31. The lowest BCUT2D eigenvalue weighted by Gasteiger charge is -2.29. The van der Waals surface area contributed by atoms with Gasteiger partial charge in [-0.15, -0.1) is 0 Å². The Morgan fingerprint density at radius 2 is 2.05 bits per heavy atom. The molecule has 1 fully saturated rings. The average Bonchev–Trinajstić information content (AvgIpc) is 2.84. The molecular formula is C15H21N5O. The molecular weight excluding hydrogens is 266 g/mol. The topological polar surface area (TPSA) is 55.2 Å². The largest absolute Gasteiger partial charge is 0.486 e. The van der Waals surface area contributed by atoms with Crippen LogP contribution in [0.2, 0.25) is 0 Å². The van der Waals surface area contributed by atoms with Crippen LogP contribution in [0.4, 0.5) is 5.69 Å². The van der Waals surface area contributed by atoms with Crippen LogP contribution in [-0.2, 0) is 13.7 Å². The van der Waals surface area contributed by atoms with Gasteiger partial charge in [0.05, 0.1) is 29.5 Å². The first-order valence-electron chi connectivity index (χ1n) is 7.25. The minimum absolute atomic E-state index is 0.504. The second-order valence-electron chi connectivity index (χ2n) is 5.31. The van der Waals surface area contributed by atoms with E-state index in [1.807, 2.05) is 30.9 Å². The van der Waals surface area contributed by atoms with Crippen LogP contribution in [0, 0.1) is 6.92 Å². The number of piperazine rings is 1. The lowest BCUT2D eigenvalue weighted by atomic mass is 10.3. The van der Waals surface area contributed by atoms with E-state index in [4.69, 9.17) is 4.74 Å². The molecule has 0 spiro atoms. The number of pyridine rings is 1. The number of nitrogens with zero attached hydrogens (tertiary/aromatic N) is 4. The maximum atomic E-state index is 5.85. The van der Waals surface area contributed by atoms with Gasteiger partial charge in [-0.25, -0.2) is 0 Å². The quantitative estimate of drug-likeness (QED) is 0.913. The SMILES string of the molecule is Cc1cc(COc2cncc(N3CCNCC3)c2)n(C)n1. The van der Waals surface area contributed by atoms with E-state index in [2.05, 4.69) is 26.4 Å². The van der Waals surface area contributed by atoms with Crippen molar-refractivity contribution in [2.45, 2.75) is 13.5 Å². The predicted octanol–water partition coefficient (Wildman–Crippen LogP) is 1.11. The van der Waals surface area contributed by atoms with E-state index < -0.39 is 0 Å². The molecule has 1 saturated heterocycles. The lowest BCUT2D eigenvalue weighted by molar-refractivity contribution is 0.293. The molecule has 6 heteroatoms. The Labute approximate surface area is 124 Å². The third-order valence-corrected chi connectivity index (χ3v) is 3.67. The molecule has 112 valence electrons. The lowest BCUT2D eigenvalue weighted by Crippen LogP contribution is -2.43. The monoisotopic (exact) mass is 287 g/mol. The standard InChI is InChI=1S/C15H21N5O/c1-12-7-14(19(2)18-12)11-21-15-8-13(9-17-10-15)20-5-3-16-4-6-20/h7-10,16H,3-6,11H2,1-2H3. The Balaban J connectivity index is 1.67. The average molecular weight is 287 g/mol. The van der Waals surface area contributed by atoms with Gasteiger partial charge in [-0.1, -0.05) is 0 Å². The summed E-state index contributed by atoms with van der Waals surface area (Å²) in [5.74, 6) is 0.796. The summed E-state index contributed by atoms with van der Waals surface area (Å²) in [6.07, 6.45) is 3.65. The molecule has 21 heavy (non-hydrogen) atoms. The van der Waals surface area contributed by atoms with Crippen molar-refractivity contribution in [2.24, 2.45) is 7.05 Å². The van der Waals surface area contributed by atoms with E-state index in [9.17, 15) is 0 Å².